The molecule has 1 amide bonds. The number of hydrogen-bond donors (Lipinski definition) is 2. The van der Waals surface area contributed by atoms with Gasteiger partial charge in [0.2, 0.25) is 0 Å². The molecule has 3 N–H and O–H groups in total. The first kappa shape index (κ1) is 15.2. The molecular formula is C15H20N4O2S. The molecule has 0 unspecified atom stereocenters. The third-order valence-corrected chi connectivity index (χ3v) is 4.87. The lowest BCUT2D eigenvalue weighted by Crippen LogP contribution is -2.41. The number of carbonyl (C=O) groups is 1. The molecule has 0 bridgehead atoms. The molecule has 0 radical (unpaired) electrons. The number of aryl methyl sites for hydroxylation is 1. The molecule has 118 valence electrons. The van der Waals surface area contributed by atoms with Gasteiger partial charge in [0.15, 0.2) is 0 Å². The van der Waals surface area contributed by atoms with Crippen molar-refractivity contribution in [2.24, 2.45) is 0 Å². The summed E-state index contributed by atoms with van der Waals surface area (Å²) in [7, 11) is 0. The predicted octanol–water partition coefficient (Wildman–Crippen LogP) is 1.25. The van der Waals surface area contributed by atoms with Gasteiger partial charge in [-0.2, -0.15) is 0 Å². The molecule has 6 nitrogen and oxygen atoms in total. The quantitative estimate of drug-likeness (QED) is 0.886. The van der Waals surface area contributed by atoms with Gasteiger partial charge in [0.25, 0.3) is 5.91 Å². The van der Waals surface area contributed by atoms with Crippen LogP contribution in [0.3, 0.4) is 0 Å². The van der Waals surface area contributed by atoms with Crippen LogP contribution >= 0.6 is 11.3 Å². The first-order valence-electron chi connectivity index (χ1n) is 7.39. The van der Waals surface area contributed by atoms with E-state index < -0.39 is 0 Å². The molecule has 0 atom stereocenters. The minimum absolute atomic E-state index is 0.119. The highest BCUT2D eigenvalue weighted by atomic mass is 32.1. The minimum atomic E-state index is -0.119. The maximum Gasteiger partial charge on any atom is 0.263 e. The molecule has 1 aliphatic heterocycles. The standard InChI is InChI=1S/C15H20N4O2S/c1-10-2-3-11-12(16)13(22-15(11)18-10)14(20)17-4-5-19-6-8-21-9-7-19/h2-3H,4-9,16H2,1H3,(H,17,20). The Balaban J connectivity index is 1.63. The number of amides is 1. The second-order valence-electron chi connectivity index (χ2n) is 5.36. The smallest absolute Gasteiger partial charge is 0.263 e. The summed E-state index contributed by atoms with van der Waals surface area (Å²) in [5.41, 5.74) is 7.54. The molecular weight excluding hydrogens is 300 g/mol. The van der Waals surface area contributed by atoms with E-state index >= 15 is 0 Å². The summed E-state index contributed by atoms with van der Waals surface area (Å²) in [5, 5.41) is 3.80. The molecule has 1 saturated heterocycles. The van der Waals surface area contributed by atoms with Crippen molar-refractivity contribution < 1.29 is 9.53 Å². The average molecular weight is 320 g/mol. The van der Waals surface area contributed by atoms with Crippen molar-refractivity contribution in [1.29, 1.82) is 0 Å². The third-order valence-electron chi connectivity index (χ3n) is 3.76. The molecule has 1 fully saturated rings. The average Bonchev–Trinajstić information content (AvgIpc) is 2.84. The molecule has 3 rings (SSSR count). The number of fused-ring (bicyclic) bond motifs is 1. The van der Waals surface area contributed by atoms with Crippen LogP contribution in [0.4, 0.5) is 5.69 Å². The topological polar surface area (TPSA) is 80.5 Å². The van der Waals surface area contributed by atoms with Gasteiger partial charge in [-0.1, -0.05) is 0 Å². The van der Waals surface area contributed by atoms with Crippen molar-refractivity contribution in [3.63, 3.8) is 0 Å². The number of carbonyl (C=O) groups excluding carboxylic acids is 1. The summed E-state index contributed by atoms with van der Waals surface area (Å²) in [4.78, 5) is 20.4. The van der Waals surface area contributed by atoms with Crippen molar-refractivity contribution in [2.45, 2.75) is 6.92 Å². The number of rotatable bonds is 4. The Morgan fingerprint density at radius 2 is 2.23 bits per heavy atom. The summed E-state index contributed by atoms with van der Waals surface area (Å²) in [6, 6.07) is 3.83. The monoisotopic (exact) mass is 320 g/mol. The highest BCUT2D eigenvalue weighted by Gasteiger charge is 2.17. The fourth-order valence-electron chi connectivity index (χ4n) is 2.49. The summed E-state index contributed by atoms with van der Waals surface area (Å²) in [6.45, 7) is 6.74. The van der Waals surface area contributed by atoms with E-state index in [9.17, 15) is 4.79 Å². The van der Waals surface area contributed by atoms with E-state index in [2.05, 4.69) is 15.2 Å². The number of nitrogen functional groups attached to an aromatic ring is 1. The van der Waals surface area contributed by atoms with Crippen LogP contribution in [-0.2, 0) is 4.74 Å². The summed E-state index contributed by atoms with van der Waals surface area (Å²) in [5.74, 6) is -0.119. The Hall–Kier alpha value is -1.70. The Labute approximate surface area is 133 Å². The summed E-state index contributed by atoms with van der Waals surface area (Å²) < 4.78 is 5.30. The molecule has 2 aromatic rings. The van der Waals surface area contributed by atoms with Crippen molar-refractivity contribution in [2.75, 3.05) is 45.1 Å². The molecule has 3 heterocycles. The minimum Gasteiger partial charge on any atom is -0.397 e. The number of aromatic nitrogens is 1. The molecule has 0 aliphatic carbocycles. The normalized spacial score (nSPS) is 16.0. The van der Waals surface area contributed by atoms with Crippen LogP contribution in [0, 0.1) is 6.92 Å². The lowest BCUT2D eigenvalue weighted by atomic mass is 10.2. The van der Waals surface area contributed by atoms with E-state index in [0.717, 1.165) is 48.8 Å². The second kappa shape index (κ2) is 6.60. The first-order chi connectivity index (χ1) is 10.6. The number of morpholine rings is 1. The van der Waals surface area contributed by atoms with Crippen LogP contribution in [0.2, 0.25) is 0 Å². The number of thiophene rings is 1. The number of ether oxygens (including phenoxy) is 1. The van der Waals surface area contributed by atoms with Crippen molar-refractivity contribution in [3.05, 3.63) is 22.7 Å². The van der Waals surface area contributed by atoms with Crippen LogP contribution in [-0.4, -0.2) is 55.2 Å². The number of nitrogens with one attached hydrogen (secondary N) is 1. The Bertz CT molecular complexity index is 679. The zero-order valence-corrected chi connectivity index (χ0v) is 13.4. The van der Waals surface area contributed by atoms with Gasteiger partial charge in [-0.05, 0) is 19.1 Å². The van der Waals surface area contributed by atoms with Gasteiger partial charge in [-0.3, -0.25) is 9.69 Å². The van der Waals surface area contributed by atoms with E-state index in [-0.39, 0.29) is 5.91 Å². The van der Waals surface area contributed by atoms with Crippen molar-refractivity contribution in [3.8, 4) is 0 Å². The number of nitrogens with zero attached hydrogens (tertiary/aromatic N) is 2. The van der Waals surface area contributed by atoms with Crippen LogP contribution in [0.25, 0.3) is 10.2 Å². The van der Waals surface area contributed by atoms with Crippen LogP contribution < -0.4 is 11.1 Å². The van der Waals surface area contributed by atoms with Gasteiger partial charge >= 0.3 is 0 Å². The van der Waals surface area contributed by atoms with Gasteiger partial charge in [0.1, 0.15) is 9.71 Å². The fraction of sp³-hybridized carbons (Fsp3) is 0.467. The van der Waals surface area contributed by atoms with Crippen LogP contribution in [0.1, 0.15) is 15.4 Å². The molecule has 0 saturated carbocycles. The first-order valence-corrected chi connectivity index (χ1v) is 8.21. The SMILES string of the molecule is Cc1ccc2c(N)c(C(=O)NCCN3CCOCC3)sc2n1. The lowest BCUT2D eigenvalue weighted by Gasteiger charge is -2.26. The van der Waals surface area contributed by atoms with Gasteiger partial charge in [-0.15, -0.1) is 11.3 Å². The molecule has 0 spiro atoms. The van der Waals surface area contributed by atoms with E-state index in [1.165, 1.54) is 11.3 Å². The van der Waals surface area contributed by atoms with Crippen molar-refractivity contribution >= 4 is 33.1 Å². The summed E-state index contributed by atoms with van der Waals surface area (Å²) >= 11 is 1.35. The zero-order valence-electron chi connectivity index (χ0n) is 12.6. The van der Waals surface area contributed by atoms with E-state index in [1.807, 2.05) is 19.1 Å². The number of pyridine rings is 1. The van der Waals surface area contributed by atoms with E-state index in [4.69, 9.17) is 10.5 Å². The van der Waals surface area contributed by atoms with Gasteiger partial charge in [0.05, 0.1) is 18.9 Å². The Morgan fingerprint density at radius 3 is 3.00 bits per heavy atom. The van der Waals surface area contributed by atoms with E-state index in [0.29, 0.717) is 17.1 Å². The van der Waals surface area contributed by atoms with Gasteiger partial charge in [0, 0.05) is 37.3 Å². The maximum atomic E-state index is 12.3. The third kappa shape index (κ3) is 3.21. The highest BCUT2D eigenvalue weighted by Crippen LogP contribution is 2.32. The Morgan fingerprint density at radius 1 is 1.45 bits per heavy atom. The van der Waals surface area contributed by atoms with Gasteiger partial charge < -0.3 is 15.8 Å². The number of nitrogens with two attached hydrogens (primary N) is 1. The maximum absolute atomic E-state index is 12.3. The predicted molar refractivity (Wildman–Crippen MR) is 88.4 cm³/mol. The number of hydrogen-bond acceptors (Lipinski definition) is 6. The van der Waals surface area contributed by atoms with Gasteiger partial charge in [-0.25, -0.2) is 4.98 Å². The molecule has 7 heteroatoms. The molecule has 2 aromatic heterocycles. The lowest BCUT2D eigenvalue weighted by molar-refractivity contribution is 0.0383. The number of anilines is 1. The Kier molecular flexibility index (Phi) is 4.56. The second-order valence-corrected chi connectivity index (χ2v) is 6.36. The highest BCUT2D eigenvalue weighted by molar-refractivity contribution is 7.21. The largest absolute Gasteiger partial charge is 0.397 e. The molecule has 22 heavy (non-hydrogen) atoms. The van der Waals surface area contributed by atoms with Crippen LogP contribution in [0.5, 0.6) is 0 Å². The van der Waals surface area contributed by atoms with Crippen molar-refractivity contribution in [1.82, 2.24) is 15.2 Å². The van der Waals surface area contributed by atoms with Crippen LogP contribution in [0.15, 0.2) is 12.1 Å². The fourth-order valence-corrected chi connectivity index (χ4v) is 3.55. The van der Waals surface area contributed by atoms with E-state index in [1.54, 1.807) is 0 Å². The molecule has 1 aliphatic rings. The summed E-state index contributed by atoms with van der Waals surface area (Å²) in [6.07, 6.45) is 0. The molecule has 0 aromatic carbocycles. The zero-order chi connectivity index (χ0) is 15.5.